The second kappa shape index (κ2) is 8.71. The molecule has 8 nitrogen and oxygen atoms in total. The van der Waals surface area contributed by atoms with Gasteiger partial charge in [-0.1, -0.05) is 38.1 Å². The first-order valence-corrected chi connectivity index (χ1v) is 11.0. The summed E-state index contributed by atoms with van der Waals surface area (Å²) in [6.45, 7) is 3.99. The van der Waals surface area contributed by atoms with Gasteiger partial charge < -0.3 is 0 Å². The molecule has 0 saturated heterocycles. The highest BCUT2D eigenvalue weighted by molar-refractivity contribution is 7.89. The monoisotopic (exact) mass is 416 g/mol. The van der Waals surface area contributed by atoms with Gasteiger partial charge in [0.05, 0.1) is 16.3 Å². The number of aryl methyl sites for hydroxylation is 1. The molecule has 29 heavy (non-hydrogen) atoms. The van der Waals surface area contributed by atoms with Crippen LogP contribution in [0.1, 0.15) is 37.8 Å². The molecule has 0 unspecified atom stereocenters. The van der Waals surface area contributed by atoms with E-state index in [4.69, 9.17) is 0 Å². The maximum absolute atomic E-state index is 13.1. The fraction of sp³-hybridized carbons (Fsp3) is 0.350. The molecule has 0 saturated carbocycles. The van der Waals surface area contributed by atoms with Crippen molar-refractivity contribution in [2.24, 2.45) is 5.10 Å². The molecule has 0 atom stereocenters. The standard InChI is InChI=1S/C20H24N4O4S/c1-3-23(4-2)29(27,28)20-14-16(24(25)26)12-13-19(20)22-21-18-11-7-9-15-8-5-6-10-17(15)18/h5-6,8,10,12-14,22H,3-4,7,9,11H2,1-2H3/b21-18+. The Morgan fingerprint density at radius 3 is 2.55 bits per heavy atom. The molecule has 1 aliphatic carbocycles. The molecule has 1 aliphatic rings. The van der Waals surface area contributed by atoms with Crippen molar-refractivity contribution in [3.8, 4) is 0 Å². The topological polar surface area (TPSA) is 105 Å². The summed E-state index contributed by atoms with van der Waals surface area (Å²) in [5.74, 6) is 0. The van der Waals surface area contributed by atoms with Gasteiger partial charge in [-0.2, -0.15) is 9.41 Å². The van der Waals surface area contributed by atoms with Crippen LogP contribution in [0, 0.1) is 10.1 Å². The Morgan fingerprint density at radius 2 is 1.86 bits per heavy atom. The van der Waals surface area contributed by atoms with Crippen LogP contribution in [-0.4, -0.2) is 36.4 Å². The first-order valence-electron chi connectivity index (χ1n) is 9.58. The van der Waals surface area contributed by atoms with Crippen LogP contribution in [0.15, 0.2) is 52.5 Å². The molecule has 1 N–H and O–H groups in total. The van der Waals surface area contributed by atoms with Crippen LogP contribution in [0.2, 0.25) is 0 Å². The summed E-state index contributed by atoms with van der Waals surface area (Å²) in [7, 11) is -3.90. The lowest BCUT2D eigenvalue weighted by Crippen LogP contribution is -2.31. The van der Waals surface area contributed by atoms with Crippen molar-refractivity contribution >= 4 is 27.1 Å². The minimum atomic E-state index is -3.90. The van der Waals surface area contributed by atoms with Crippen LogP contribution in [0.3, 0.4) is 0 Å². The van der Waals surface area contributed by atoms with E-state index in [0.29, 0.717) is 0 Å². The summed E-state index contributed by atoms with van der Waals surface area (Å²) in [6, 6.07) is 11.8. The maximum atomic E-state index is 13.1. The molecule has 0 heterocycles. The summed E-state index contributed by atoms with van der Waals surface area (Å²) in [5, 5.41) is 15.7. The molecule has 0 amide bonds. The quantitative estimate of drug-likeness (QED) is 0.546. The molecular formula is C20H24N4O4S. The molecule has 2 aromatic carbocycles. The van der Waals surface area contributed by atoms with Gasteiger partial charge in [0.1, 0.15) is 4.90 Å². The van der Waals surface area contributed by atoms with Crippen LogP contribution < -0.4 is 5.43 Å². The van der Waals surface area contributed by atoms with Gasteiger partial charge in [-0.15, -0.1) is 0 Å². The van der Waals surface area contributed by atoms with Crippen LogP contribution >= 0.6 is 0 Å². The van der Waals surface area contributed by atoms with E-state index in [1.54, 1.807) is 13.8 Å². The summed E-state index contributed by atoms with van der Waals surface area (Å²) < 4.78 is 27.4. The number of hydrogen-bond donors (Lipinski definition) is 1. The molecule has 0 spiro atoms. The number of nitrogens with one attached hydrogen (secondary N) is 1. The number of nitrogens with zero attached hydrogens (tertiary/aromatic N) is 3. The van der Waals surface area contributed by atoms with Gasteiger partial charge in [0.25, 0.3) is 5.69 Å². The average molecular weight is 417 g/mol. The third-order valence-corrected chi connectivity index (χ3v) is 7.09. The van der Waals surface area contributed by atoms with E-state index in [0.717, 1.165) is 36.6 Å². The summed E-state index contributed by atoms with van der Waals surface area (Å²) in [5.41, 5.74) is 5.89. The highest BCUT2D eigenvalue weighted by atomic mass is 32.2. The van der Waals surface area contributed by atoms with E-state index in [1.165, 1.54) is 22.0 Å². The number of nitro benzene ring substituents is 1. The number of rotatable bonds is 7. The maximum Gasteiger partial charge on any atom is 0.270 e. The lowest BCUT2D eigenvalue weighted by molar-refractivity contribution is -0.385. The first kappa shape index (κ1) is 20.9. The van der Waals surface area contributed by atoms with E-state index < -0.39 is 14.9 Å². The molecule has 3 rings (SSSR count). The Morgan fingerprint density at radius 1 is 1.14 bits per heavy atom. The molecule has 0 aromatic heterocycles. The minimum absolute atomic E-state index is 0.149. The number of hydrazone groups is 1. The Balaban J connectivity index is 2.03. The molecular weight excluding hydrogens is 392 g/mol. The van der Waals surface area contributed by atoms with Gasteiger partial charge in [-0.25, -0.2) is 8.42 Å². The lowest BCUT2D eigenvalue weighted by Gasteiger charge is -2.21. The van der Waals surface area contributed by atoms with Crippen LogP contribution in [0.5, 0.6) is 0 Å². The summed E-state index contributed by atoms with van der Waals surface area (Å²) in [6.07, 6.45) is 2.71. The van der Waals surface area contributed by atoms with Gasteiger partial charge in [0, 0.05) is 30.8 Å². The van der Waals surface area contributed by atoms with Crippen LogP contribution in [0.4, 0.5) is 11.4 Å². The molecule has 0 bridgehead atoms. The third-order valence-electron chi connectivity index (χ3n) is 5.00. The molecule has 0 radical (unpaired) electrons. The van der Waals surface area contributed by atoms with Crippen molar-refractivity contribution in [2.75, 3.05) is 18.5 Å². The molecule has 0 fully saturated rings. The smallest absolute Gasteiger partial charge is 0.270 e. The number of fused-ring (bicyclic) bond motifs is 1. The summed E-state index contributed by atoms with van der Waals surface area (Å²) >= 11 is 0. The zero-order chi connectivity index (χ0) is 21.0. The average Bonchev–Trinajstić information content (AvgIpc) is 2.72. The Bertz CT molecular complexity index is 1050. The summed E-state index contributed by atoms with van der Waals surface area (Å²) in [4.78, 5) is 10.4. The van der Waals surface area contributed by atoms with Gasteiger partial charge >= 0.3 is 0 Å². The Kier molecular flexibility index (Phi) is 6.29. The van der Waals surface area contributed by atoms with Crippen molar-refractivity contribution in [2.45, 2.75) is 38.0 Å². The Hall–Kier alpha value is -2.78. The minimum Gasteiger partial charge on any atom is -0.277 e. The van der Waals surface area contributed by atoms with Gasteiger partial charge in [-0.3, -0.25) is 15.5 Å². The highest BCUT2D eigenvalue weighted by Crippen LogP contribution is 2.30. The van der Waals surface area contributed by atoms with Crippen molar-refractivity contribution < 1.29 is 13.3 Å². The number of hydrogen-bond acceptors (Lipinski definition) is 6. The van der Waals surface area contributed by atoms with Crippen molar-refractivity contribution in [1.82, 2.24) is 4.31 Å². The molecule has 9 heteroatoms. The van der Waals surface area contributed by atoms with Gasteiger partial charge in [0.2, 0.25) is 10.0 Å². The number of anilines is 1. The second-order valence-corrected chi connectivity index (χ2v) is 8.61. The predicted octanol–water partition coefficient (Wildman–Crippen LogP) is 3.78. The fourth-order valence-corrected chi connectivity index (χ4v) is 5.10. The SMILES string of the molecule is CCN(CC)S(=O)(=O)c1cc([N+](=O)[O-])ccc1N/N=C1\CCCc2ccccc21. The first-order chi connectivity index (χ1) is 13.9. The molecule has 2 aromatic rings. The normalized spacial score (nSPS) is 15.3. The lowest BCUT2D eigenvalue weighted by atomic mass is 9.90. The van der Waals surface area contributed by atoms with E-state index in [9.17, 15) is 18.5 Å². The van der Waals surface area contributed by atoms with Crippen molar-refractivity contribution in [3.63, 3.8) is 0 Å². The number of non-ortho nitro benzene ring substituents is 1. The van der Waals surface area contributed by atoms with E-state index in [2.05, 4.69) is 16.6 Å². The van der Waals surface area contributed by atoms with Crippen LogP contribution in [-0.2, 0) is 16.4 Å². The van der Waals surface area contributed by atoms with Crippen LogP contribution in [0.25, 0.3) is 0 Å². The van der Waals surface area contributed by atoms with E-state index in [-0.39, 0.29) is 29.4 Å². The van der Waals surface area contributed by atoms with Gasteiger partial charge in [0.15, 0.2) is 0 Å². The van der Waals surface area contributed by atoms with E-state index >= 15 is 0 Å². The Labute approximate surface area is 170 Å². The fourth-order valence-electron chi connectivity index (χ4n) is 3.48. The van der Waals surface area contributed by atoms with Gasteiger partial charge in [-0.05, 0) is 30.9 Å². The zero-order valence-corrected chi connectivity index (χ0v) is 17.3. The van der Waals surface area contributed by atoms with Crippen molar-refractivity contribution in [3.05, 3.63) is 63.7 Å². The molecule has 0 aliphatic heterocycles. The zero-order valence-electron chi connectivity index (χ0n) is 16.5. The third kappa shape index (κ3) is 4.30. The number of sulfonamides is 1. The number of nitro groups is 1. The largest absolute Gasteiger partial charge is 0.277 e. The van der Waals surface area contributed by atoms with Crippen molar-refractivity contribution in [1.29, 1.82) is 0 Å². The second-order valence-electron chi connectivity index (χ2n) is 6.71. The predicted molar refractivity (Wildman–Crippen MR) is 113 cm³/mol. The molecule has 154 valence electrons. The van der Waals surface area contributed by atoms with E-state index in [1.807, 2.05) is 18.2 Å². The highest BCUT2D eigenvalue weighted by Gasteiger charge is 2.27. The number of benzene rings is 2.